The fourth-order valence-electron chi connectivity index (χ4n) is 5.12. The fraction of sp³-hybridized carbons (Fsp3) is 0.500. The highest BCUT2D eigenvalue weighted by Crippen LogP contribution is 2.44. The Kier molecular flexibility index (Phi) is 5.66. The number of halogens is 2. The summed E-state index contributed by atoms with van der Waals surface area (Å²) in [7, 11) is 0. The molecule has 1 fully saturated rings. The van der Waals surface area contributed by atoms with Gasteiger partial charge in [0.15, 0.2) is 0 Å². The normalized spacial score (nSPS) is 24.2. The molecule has 2 nitrogen and oxygen atoms in total. The second-order valence-corrected chi connectivity index (χ2v) is 9.82. The minimum atomic E-state index is 0.264. The summed E-state index contributed by atoms with van der Waals surface area (Å²) < 4.78 is 6.03. The molecule has 150 valence electrons. The van der Waals surface area contributed by atoms with E-state index in [1.807, 2.05) is 18.2 Å². The second-order valence-electron chi connectivity index (χ2n) is 9.01. The Morgan fingerprint density at radius 2 is 1.86 bits per heavy atom. The molecule has 2 aliphatic rings. The number of likely N-dealkylation sites (tertiary alicyclic amines) is 1. The van der Waals surface area contributed by atoms with Crippen LogP contribution < -0.4 is 4.74 Å². The highest BCUT2D eigenvalue weighted by molar-refractivity contribution is 6.35. The molecule has 4 heteroatoms. The van der Waals surface area contributed by atoms with Crippen molar-refractivity contribution < 1.29 is 4.74 Å². The average molecular weight is 418 g/mol. The third-order valence-corrected chi connectivity index (χ3v) is 7.18. The number of benzene rings is 2. The number of piperidine rings is 1. The van der Waals surface area contributed by atoms with Gasteiger partial charge in [-0.1, -0.05) is 42.3 Å². The lowest BCUT2D eigenvalue weighted by molar-refractivity contribution is 0.0122. The molecule has 2 unspecified atom stereocenters. The summed E-state index contributed by atoms with van der Waals surface area (Å²) in [4.78, 5) is 2.74. The molecule has 0 radical (unpaired) electrons. The molecule has 2 aromatic rings. The van der Waals surface area contributed by atoms with Crippen LogP contribution in [0.1, 0.15) is 62.8 Å². The Balaban J connectivity index is 1.49. The first-order chi connectivity index (χ1) is 13.3. The number of hydrogen-bond donors (Lipinski definition) is 0. The zero-order valence-corrected chi connectivity index (χ0v) is 18.5. The molecule has 1 saturated heterocycles. The summed E-state index contributed by atoms with van der Waals surface area (Å²) in [6.45, 7) is 8.78. The number of hydrogen-bond acceptors (Lipinski definition) is 2. The molecular weight excluding hydrogens is 389 g/mol. The quantitative estimate of drug-likeness (QED) is 0.527. The van der Waals surface area contributed by atoms with E-state index in [1.165, 1.54) is 36.9 Å². The molecule has 28 heavy (non-hydrogen) atoms. The maximum absolute atomic E-state index is 6.26. The van der Waals surface area contributed by atoms with E-state index in [0.29, 0.717) is 22.7 Å². The number of ether oxygens (including phenoxy) is 1. The van der Waals surface area contributed by atoms with Crippen LogP contribution in [-0.4, -0.2) is 17.0 Å². The first-order valence-electron chi connectivity index (χ1n) is 10.3. The summed E-state index contributed by atoms with van der Waals surface area (Å²) in [6, 6.07) is 12.7. The van der Waals surface area contributed by atoms with E-state index < -0.39 is 0 Å². The molecule has 2 aromatic carbocycles. The minimum absolute atomic E-state index is 0.264. The van der Waals surface area contributed by atoms with E-state index in [4.69, 9.17) is 27.9 Å². The Labute approximate surface area is 178 Å². The van der Waals surface area contributed by atoms with Crippen molar-refractivity contribution >= 4 is 23.2 Å². The number of nitrogens with zero attached hydrogens (tertiary/aromatic N) is 1. The van der Waals surface area contributed by atoms with Crippen LogP contribution in [0.2, 0.25) is 10.0 Å². The molecule has 2 atom stereocenters. The zero-order valence-electron chi connectivity index (χ0n) is 17.0. The molecule has 1 heterocycles. The number of fused-ring (bicyclic) bond motifs is 1. The van der Waals surface area contributed by atoms with Gasteiger partial charge in [0.2, 0.25) is 0 Å². The summed E-state index contributed by atoms with van der Waals surface area (Å²) >= 11 is 12.5. The van der Waals surface area contributed by atoms with Crippen LogP contribution >= 0.6 is 23.2 Å². The Morgan fingerprint density at radius 3 is 2.57 bits per heavy atom. The molecule has 4 rings (SSSR count). The predicted octanol–water partition coefficient (Wildman–Crippen LogP) is 7.07. The monoisotopic (exact) mass is 417 g/mol. The largest absolute Gasteiger partial charge is 0.489 e. The Hall–Kier alpha value is -1.22. The molecule has 1 aliphatic heterocycles. The molecule has 0 amide bonds. The Morgan fingerprint density at radius 1 is 1.11 bits per heavy atom. The van der Waals surface area contributed by atoms with Crippen molar-refractivity contribution in [2.75, 3.05) is 6.54 Å². The summed E-state index contributed by atoms with van der Waals surface area (Å²) in [5.41, 5.74) is 4.00. The van der Waals surface area contributed by atoms with E-state index in [0.717, 1.165) is 23.7 Å². The van der Waals surface area contributed by atoms with Crippen molar-refractivity contribution in [1.82, 2.24) is 4.90 Å². The van der Waals surface area contributed by atoms with Gasteiger partial charge in [-0.3, -0.25) is 4.90 Å². The standard InChI is InChI=1S/C24H29Cl2NO/c1-16-11-12-27(24(2,3)14-16)23-10-7-17-13-18(8-9-19(17)23)28-15-20-21(25)5-4-6-22(20)26/h4-6,8-9,13,16,23H,7,10-12,14-15H2,1-3H3. The molecule has 1 aliphatic carbocycles. The smallest absolute Gasteiger partial charge is 0.120 e. The van der Waals surface area contributed by atoms with Gasteiger partial charge in [0.25, 0.3) is 0 Å². The van der Waals surface area contributed by atoms with Crippen molar-refractivity contribution in [3.05, 3.63) is 63.1 Å². The van der Waals surface area contributed by atoms with E-state index in [2.05, 4.69) is 43.9 Å². The van der Waals surface area contributed by atoms with Crippen LogP contribution in [0.5, 0.6) is 5.75 Å². The van der Waals surface area contributed by atoms with Crippen LogP contribution in [-0.2, 0) is 13.0 Å². The van der Waals surface area contributed by atoms with Crippen LogP contribution in [0.3, 0.4) is 0 Å². The lowest BCUT2D eigenvalue weighted by atomic mass is 9.82. The summed E-state index contributed by atoms with van der Waals surface area (Å²) in [5, 5.41) is 1.30. The number of aryl methyl sites for hydroxylation is 1. The minimum Gasteiger partial charge on any atom is -0.489 e. The average Bonchev–Trinajstić information content (AvgIpc) is 3.03. The third-order valence-electron chi connectivity index (χ3n) is 6.47. The lowest BCUT2D eigenvalue weighted by Crippen LogP contribution is -2.50. The van der Waals surface area contributed by atoms with Gasteiger partial charge < -0.3 is 4.74 Å². The van der Waals surface area contributed by atoms with Gasteiger partial charge in [-0.2, -0.15) is 0 Å². The second kappa shape index (κ2) is 7.89. The van der Waals surface area contributed by atoms with Crippen molar-refractivity contribution in [2.24, 2.45) is 5.92 Å². The molecule has 0 spiro atoms. The molecule has 0 N–H and O–H groups in total. The highest BCUT2D eigenvalue weighted by atomic mass is 35.5. The maximum atomic E-state index is 6.26. The van der Waals surface area contributed by atoms with Gasteiger partial charge >= 0.3 is 0 Å². The van der Waals surface area contributed by atoms with Crippen molar-refractivity contribution in [3.8, 4) is 5.75 Å². The molecular formula is C24H29Cl2NO. The van der Waals surface area contributed by atoms with E-state index in [9.17, 15) is 0 Å². The first kappa shape index (κ1) is 20.1. The van der Waals surface area contributed by atoms with Gasteiger partial charge in [0.1, 0.15) is 12.4 Å². The van der Waals surface area contributed by atoms with E-state index in [-0.39, 0.29) is 5.54 Å². The highest BCUT2D eigenvalue weighted by Gasteiger charge is 2.40. The van der Waals surface area contributed by atoms with Crippen LogP contribution in [0.25, 0.3) is 0 Å². The molecule has 0 aromatic heterocycles. The maximum Gasteiger partial charge on any atom is 0.120 e. The van der Waals surface area contributed by atoms with Crippen LogP contribution in [0, 0.1) is 5.92 Å². The van der Waals surface area contributed by atoms with Gasteiger partial charge in [-0.25, -0.2) is 0 Å². The molecule has 0 bridgehead atoms. The molecule has 0 saturated carbocycles. The number of rotatable bonds is 4. The predicted molar refractivity (Wildman–Crippen MR) is 117 cm³/mol. The van der Waals surface area contributed by atoms with Gasteiger partial charge in [-0.05, 0) is 87.4 Å². The lowest BCUT2D eigenvalue weighted by Gasteiger charge is -2.48. The first-order valence-corrected chi connectivity index (χ1v) is 11.1. The van der Waals surface area contributed by atoms with Gasteiger partial charge in [0, 0.05) is 27.2 Å². The van der Waals surface area contributed by atoms with E-state index in [1.54, 1.807) is 0 Å². The van der Waals surface area contributed by atoms with Crippen LogP contribution in [0.4, 0.5) is 0 Å². The zero-order chi connectivity index (χ0) is 19.9. The van der Waals surface area contributed by atoms with Gasteiger partial charge in [0.05, 0.1) is 0 Å². The topological polar surface area (TPSA) is 12.5 Å². The van der Waals surface area contributed by atoms with E-state index >= 15 is 0 Å². The Bertz CT molecular complexity index is 843. The van der Waals surface area contributed by atoms with Crippen molar-refractivity contribution in [2.45, 2.75) is 64.6 Å². The fourth-order valence-corrected chi connectivity index (χ4v) is 5.63. The SMILES string of the molecule is CC1CCN(C2CCc3cc(OCc4c(Cl)cccc4Cl)ccc32)C(C)(C)C1. The van der Waals surface area contributed by atoms with Crippen molar-refractivity contribution in [3.63, 3.8) is 0 Å². The van der Waals surface area contributed by atoms with Crippen molar-refractivity contribution in [1.29, 1.82) is 0 Å². The summed E-state index contributed by atoms with van der Waals surface area (Å²) in [6.07, 6.45) is 4.90. The van der Waals surface area contributed by atoms with Crippen LogP contribution in [0.15, 0.2) is 36.4 Å². The third kappa shape index (κ3) is 3.92. The summed E-state index contributed by atoms with van der Waals surface area (Å²) in [5.74, 6) is 1.71. The van der Waals surface area contributed by atoms with Gasteiger partial charge in [-0.15, -0.1) is 0 Å².